The molecular formula is C18H18N2O4S. The number of nitrogens with zero attached hydrogens (tertiary/aromatic N) is 1. The largest absolute Gasteiger partial charge is 0.495 e. The summed E-state index contributed by atoms with van der Waals surface area (Å²) in [7, 11) is -0.874. The van der Waals surface area contributed by atoms with Crippen molar-refractivity contribution < 1.29 is 17.9 Å². The molecule has 130 valence electrons. The molecule has 2 aromatic rings. The first-order valence-electron chi connectivity index (χ1n) is 7.35. The summed E-state index contributed by atoms with van der Waals surface area (Å²) in [6.07, 6.45) is 5.09. The van der Waals surface area contributed by atoms with Crippen molar-refractivity contribution in [1.82, 2.24) is 5.32 Å². The number of sulfonamides is 1. The second-order valence-corrected chi connectivity index (χ2v) is 7.02. The first-order chi connectivity index (χ1) is 11.9. The lowest BCUT2D eigenvalue weighted by Gasteiger charge is -2.21. The highest BCUT2D eigenvalue weighted by Gasteiger charge is 2.23. The van der Waals surface area contributed by atoms with Crippen molar-refractivity contribution in [2.45, 2.75) is 4.90 Å². The average molecular weight is 358 g/mol. The molecular weight excluding hydrogens is 340 g/mol. The molecule has 0 aliphatic rings. The van der Waals surface area contributed by atoms with E-state index in [0.29, 0.717) is 17.0 Å². The van der Waals surface area contributed by atoms with Gasteiger partial charge in [-0.15, -0.1) is 6.42 Å². The van der Waals surface area contributed by atoms with Crippen LogP contribution in [-0.4, -0.2) is 35.0 Å². The zero-order chi connectivity index (χ0) is 18.4. The van der Waals surface area contributed by atoms with Gasteiger partial charge in [-0.1, -0.05) is 18.1 Å². The van der Waals surface area contributed by atoms with E-state index in [0.717, 1.165) is 4.31 Å². The van der Waals surface area contributed by atoms with Crippen LogP contribution in [0.25, 0.3) is 0 Å². The number of carbonyl (C=O) groups excluding carboxylic acids is 1. The van der Waals surface area contributed by atoms with Crippen LogP contribution >= 0.6 is 0 Å². The van der Waals surface area contributed by atoms with Crippen LogP contribution in [0.5, 0.6) is 5.75 Å². The molecule has 0 spiro atoms. The number of hydrogen-bond donors (Lipinski definition) is 1. The molecule has 0 atom stereocenters. The summed E-state index contributed by atoms with van der Waals surface area (Å²) in [5.74, 6) is 2.38. The smallest absolute Gasteiger partial charge is 0.264 e. The number of hydrogen-bond acceptors (Lipinski definition) is 4. The second kappa shape index (κ2) is 7.73. The molecule has 0 aromatic heterocycles. The molecule has 0 aliphatic heterocycles. The maximum absolute atomic E-state index is 12.8. The summed E-state index contributed by atoms with van der Waals surface area (Å²) in [5.41, 5.74) is 0.745. The Hall–Kier alpha value is -2.98. The van der Waals surface area contributed by atoms with Gasteiger partial charge in [0, 0.05) is 12.6 Å². The number of para-hydroxylation sites is 2. The second-order valence-electron chi connectivity index (χ2n) is 5.06. The van der Waals surface area contributed by atoms with Crippen LogP contribution in [0.4, 0.5) is 5.69 Å². The van der Waals surface area contributed by atoms with E-state index in [1.807, 2.05) is 0 Å². The Balaban J connectivity index is 2.30. The predicted octanol–water partition coefficient (Wildman–Crippen LogP) is 1.88. The number of nitrogens with one attached hydrogen (secondary N) is 1. The van der Waals surface area contributed by atoms with Crippen molar-refractivity contribution in [1.29, 1.82) is 0 Å². The number of amides is 1. The Labute approximate surface area is 147 Å². The van der Waals surface area contributed by atoms with Gasteiger partial charge >= 0.3 is 0 Å². The van der Waals surface area contributed by atoms with E-state index in [4.69, 9.17) is 11.2 Å². The van der Waals surface area contributed by atoms with Gasteiger partial charge in [-0.2, -0.15) is 0 Å². The van der Waals surface area contributed by atoms with Gasteiger partial charge in [0.05, 0.1) is 24.2 Å². The highest BCUT2D eigenvalue weighted by Crippen LogP contribution is 2.30. The Morgan fingerprint density at radius 1 is 1.20 bits per heavy atom. The van der Waals surface area contributed by atoms with Crippen molar-refractivity contribution in [3.8, 4) is 18.1 Å². The van der Waals surface area contributed by atoms with Gasteiger partial charge in [0.1, 0.15) is 5.75 Å². The lowest BCUT2D eigenvalue weighted by atomic mass is 10.2. The molecule has 1 amide bonds. The molecule has 7 heteroatoms. The molecule has 0 unspecified atom stereocenters. The van der Waals surface area contributed by atoms with E-state index in [-0.39, 0.29) is 17.3 Å². The van der Waals surface area contributed by atoms with Crippen molar-refractivity contribution in [3.05, 3.63) is 54.1 Å². The first kappa shape index (κ1) is 18.4. The van der Waals surface area contributed by atoms with Crippen LogP contribution in [0.1, 0.15) is 10.4 Å². The molecule has 25 heavy (non-hydrogen) atoms. The molecule has 1 N–H and O–H groups in total. The zero-order valence-electron chi connectivity index (χ0n) is 13.9. The molecule has 0 radical (unpaired) electrons. The van der Waals surface area contributed by atoms with Crippen molar-refractivity contribution in [2.24, 2.45) is 0 Å². The highest BCUT2D eigenvalue weighted by molar-refractivity contribution is 7.92. The number of terminal acetylenes is 1. The molecule has 0 fully saturated rings. The lowest BCUT2D eigenvalue weighted by molar-refractivity contribution is 0.0958. The van der Waals surface area contributed by atoms with Crippen LogP contribution < -0.4 is 14.4 Å². The third-order valence-corrected chi connectivity index (χ3v) is 5.34. The van der Waals surface area contributed by atoms with E-state index in [2.05, 4.69) is 11.2 Å². The molecule has 2 aromatic carbocycles. The summed E-state index contributed by atoms with van der Waals surface area (Å²) in [5, 5.41) is 2.52. The van der Waals surface area contributed by atoms with Gasteiger partial charge in [0.15, 0.2) is 0 Å². The van der Waals surface area contributed by atoms with Gasteiger partial charge in [-0.25, -0.2) is 8.42 Å². The summed E-state index contributed by atoms with van der Waals surface area (Å²) in [6, 6.07) is 12.5. The standard InChI is InChI=1S/C18H18N2O4S/c1-4-13-19-18(21)14-9-11-15(12-10-14)25(22,23)20(2)16-7-5-6-8-17(16)24-3/h1,5-12H,13H2,2-3H3,(H,19,21). The van der Waals surface area contributed by atoms with E-state index >= 15 is 0 Å². The normalized spacial score (nSPS) is 10.6. The molecule has 0 heterocycles. The van der Waals surface area contributed by atoms with Crippen LogP contribution in [0.2, 0.25) is 0 Å². The molecule has 0 aliphatic carbocycles. The maximum atomic E-state index is 12.8. The third kappa shape index (κ3) is 3.92. The molecule has 2 rings (SSSR count). The quantitative estimate of drug-likeness (QED) is 0.800. The molecule has 0 saturated heterocycles. The fourth-order valence-corrected chi connectivity index (χ4v) is 3.40. The Bertz CT molecular complexity index is 899. The first-order valence-corrected chi connectivity index (χ1v) is 8.79. The molecule has 0 saturated carbocycles. The Morgan fingerprint density at radius 3 is 2.44 bits per heavy atom. The minimum Gasteiger partial charge on any atom is -0.495 e. The van der Waals surface area contributed by atoms with Crippen LogP contribution in [0.15, 0.2) is 53.4 Å². The van der Waals surface area contributed by atoms with Gasteiger partial charge in [0.25, 0.3) is 15.9 Å². The number of ether oxygens (including phenoxy) is 1. The summed E-state index contributed by atoms with van der Waals surface area (Å²) in [6.45, 7) is 0.107. The van der Waals surface area contributed by atoms with E-state index < -0.39 is 10.0 Å². The fraction of sp³-hybridized carbons (Fsp3) is 0.167. The highest BCUT2D eigenvalue weighted by atomic mass is 32.2. The molecule has 6 nitrogen and oxygen atoms in total. The van der Waals surface area contributed by atoms with E-state index in [1.54, 1.807) is 24.3 Å². The van der Waals surface area contributed by atoms with Gasteiger partial charge in [0.2, 0.25) is 0 Å². The van der Waals surface area contributed by atoms with Crippen LogP contribution in [0.3, 0.4) is 0 Å². The fourth-order valence-electron chi connectivity index (χ4n) is 2.19. The van der Waals surface area contributed by atoms with Gasteiger partial charge in [-0.05, 0) is 36.4 Å². The van der Waals surface area contributed by atoms with Crippen molar-refractivity contribution >= 4 is 21.6 Å². The number of methoxy groups -OCH3 is 1. The molecule has 0 bridgehead atoms. The topological polar surface area (TPSA) is 75.7 Å². The lowest BCUT2D eigenvalue weighted by Crippen LogP contribution is -2.27. The van der Waals surface area contributed by atoms with E-state index in [9.17, 15) is 13.2 Å². The minimum absolute atomic E-state index is 0.0643. The maximum Gasteiger partial charge on any atom is 0.264 e. The Morgan fingerprint density at radius 2 is 1.84 bits per heavy atom. The van der Waals surface area contributed by atoms with Crippen LogP contribution in [-0.2, 0) is 10.0 Å². The van der Waals surface area contributed by atoms with Gasteiger partial charge < -0.3 is 10.1 Å². The number of carbonyl (C=O) groups is 1. The number of benzene rings is 2. The van der Waals surface area contributed by atoms with Crippen molar-refractivity contribution in [3.63, 3.8) is 0 Å². The summed E-state index contributed by atoms with van der Waals surface area (Å²) in [4.78, 5) is 11.9. The zero-order valence-corrected chi connectivity index (χ0v) is 14.7. The number of anilines is 1. The van der Waals surface area contributed by atoms with Crippen LogP contribution in [0, 0.1) is 12.3 Å². The summed E-state index contributed by atoms with van der Waals surface area (Å²) < 4.78 is 31.9. The number of rotatable bonds is 6. The van der Waals surface area contributed by atoms with Gasteiger partial charge in [-0.3, -0.25) is 9.10 Å². The monoisotopic (exact) mass is 358 g/mol. The SMILES string of the molecule is C#CCNC(=O)c1ccc(S(=O)(=O)N(C)c2ccccc2OC)cc1. The minimum atomic E-state index is -3.79. The third-order valence-electron chi connectivity index (χ3n) is 3.55. The average Bonchev–Trinajstić information content (AvgIpc) is 2.65. The Kier molecular flexibility index (Phi) is 5.67. The predicted molar refractivity (Wildman–Crippen MR) is 96.2 cm³/mol. The van der Waals surface area contributed by atoms with E-state index in [1.165, 1.54) is 38.4 Å². The van der Waals surface area contributed by atoms with Crippen molar-refractivity contribution in [2.75, 3.05) is 25.0 Å². The summed E-state index contributed by atoms with van der Waals surface area (Å²) >= 11 is 0.